The van der Waals surface area contributed by atoms with E-state index in [1.54, 1.807) is 12.1 Å². The van der Waals surface area contributed by atoms with Crippen molar-refractivity contribution in [1.29, 1.82) is 0 Å². The van der Waals surface area contributed by atoms with Crippen LogP contribution in [0.4, 0.5) is 10.1 Å². The van der Waals surface area contributed by atoms with Gasteiger partial charge in [0.25, 0.3) is 0 Å². The standard InChI is InChI=1S/C18H19FN2O3S/c1-21(12-18(22)20-16-8-6-15(19)7-9-16)25(23,24)17-10-5-13-3-2-4-14(13)11-17/h5-11H,2-4,12H2,1H3,(H,20,22). The fraction of sp³-hybridized carbons (Fsp3) is 0.278. The number of nitrogens with one attached hydrogen (secondary N) is 1. The van der Waals surface area contributed by atoms with Crippen LogP contribution in [0.1, 0.15) is 17.5 Å². The van der Waals surface area contributed by atoms with Crippen molar-refractivity contribution in [3.8, 4) is 0 Å². The molecule has 2 aromatic rings. The van der Waals surface area contributed by atoms with Gasteiger partial charge in [-0.15, -0.1) is 0 Å². The van der Waals surface area contributed by atoms with E-state index >= 15 is 0 Å². The van der Waals surface area contributed by atoms with Crippen molar-refractivity contribution in [3.63, 3.8) is 0 Å². The molecule has 132 valence electrons. The molecule has 1 aliphatic carbocycles. The van der Waals surface area contributed by atoms with Crippen molar-refractivity contribution >= 4 is 21.6 Å². The number of hydrogen-bond donors (Lipinski definition) is 1. The number of amides is 1. The molecule has 5 nitrogen and oxygen atoms in total. The van der Waals surface area contributed by atoms with Gasteiger partial charge in [-0.3, -0.25) is 4.79 Å². The highest BCUT2D eigenvalue weighted by Gasteiger charge is 2.24. The Bertz CT molecular complexity index is 895. The summed E-state index contributed by atoms with van der Waals surface area (Å²) in [6.45, 7) is -0.323. The Morgan fingerprint density at radius 1 is 1.12 bits per heavy atom. The van der Waals surface area contributed by atoms with Crippen LogP contribution in [0.5, 0.6) is 0 Å². The number of anilines is 1. The van der Waals surface area contributed by atoms with E-state index in [2.05, 4.69) is 5.32 Å². The van der Waals surface area contributed by atoms with Gasteiger partial charge in [0, 0.05) is 12.7 Å². The smallest absolute Gasteiger partial charge is 0.243 e. The molecule has 1 N–H and O–H groups in total. The van der Waals surface area contributed by atoms with Gasteiger partial charge in [0.15, 0.2) is 0 Å². The molecule has 0 saturated heterocycles. The van der Waals surface area contributed by atoms with Gasteiger partial charge in [-0.05, 0) is 66.8 Å². The van der Waals surface area contributed by atoms with E-state index < -0.39 is 21.7 Å². The first-order valence-corrected chi connectivity index (χ1v) is 9.44. The van der Waals surface area contributed by atoms with Gasteiger partial charge < -0.3 is 5.32 Å². The number of fused-ring (bicyclic) bond motifs is 1. The number of nitrogens with zero attached hydrogens (tertiary/aromatic N) is 1. The first kappa shape index (κ1) is 17.6. The summed E-state index contributed by atoms with van der Waals surface area (Å²) < 4.78 is 39.2. The van der Waals surface area contributed by atoms with Gasteiger partial charge in [-0.2, -0.15) is 4.31 Å². The highest BCUT2D eigenvalue weighted by Crippen LogP contribution is 2.26. The number of likely N-dealkylation sites (N-methyl/N-ethyl adjacent to an activating group) is 1. The van der Waals surface area contributed by atoms with E-state index in [1.807, 2.05) is 6.07 Å². The van der Waals surface area contributed by atoms with Gasteiger partial charge >= 0.3 is 0 Å². The van der Waals surface area contributed by atoms with Crippen LogP contribution in [0.25, 0.3) is 0 Å². The summed E-state index contributed by atoms with van der Waals surface area (Å²) in [5, 5.41) is 2.55. The number of rotatable bonds is 5. The van der Waals surface area contributed by atoms with Crippen LogP contribution in [0, 0.1) is 5.82 Å². The zero-order chi connectivity index (χ0) is 18.0. The van der Waals surface area contributed by atoms with Gasteiger partial charge in [-0.25, -0.2) is 12.8 Å². The topological polar surface area (TPSA) is 66.5 Å². The number of benzene rings is 2. The first-order valence-electron chi connectivity index (χ1n) is 8.00. The monoisotopic (exact) mass is 362 g/mol. The van der Waals surface area contributed by atoms with Gasteiger partial charge in [0.05, 0.1) is 11.4 Å². The summed E-state index contributed by atoms with van der Waals surface area (Å²) in [6.07, 6.45) is 2.90. The van der Waals surface area contributed by atoms with Crippen LogP contribution < -0.4 is 5.32 Å². The molecule has 0 radical (unpaired) electrons. The first-order chi connectivity index (χ1) is 11.9. The predicted octanol–water partition coefficient (Wildman–Crippen LogP) is 2.57. The summed E-state index contributed by atoms with van der Waals surface area (Å²) in [4.78, 5) is 12.3. The maximum absolute atomic E-state index is 12.9. The van der Waals surface area contributed by atoms with Crippen molar-refractivity contribution in [3.05, 3.63) is 59.4 Å². The summed E-state index contributed by atoms with van der Waals surface area (Å²) >= 11 is 0. The summed E-state index contributed by atoms with van der Waals surface area (Å²) in [7, 11) is -2.37. The maximum Gasteiger partial charge on any atom is 0.243 e. The number of carbonyl (C=O) groups excluding carboxylic acids is 1. The molecule has 0 aromatic heterocycles. The molecule has 0 atom stereocenters. The molecule has 7 heteroatoms. The Hall–Kier alpha value is -2.25. The number of sulfonamides is 1. The third-order valence-corrected chi connectivity index (χ3v) is 6.07. The minimum atomic E-state index is -3.74. The summed E-state index contributed by atoms with van der Waals surface area (Å²) in [5.74, 6) is -0.895. The molecule has 1 aliphatic rings. The average molecular weight is 362 g/mol. The minimum absolute atomic E-state index is 0.199. The fourth-order valence-electron chi connectivity index (χ4n) is 2.91. The molecule has 1 amide bonds. The molecule has 2 aromatic carbocycles. The van der Waals surface area contributed by atoms with Crippen molar-refractivity contribution in [1.82, 2.24) is 4.31 Å². The lowest BCUT2D eigenvalue weighted by molar-refractivity contribution is -0.116. The molecule has 0 bridgehead atoms. The highest BCUT2D eigenvalue weighted by atomic mass is 32.2. The van der Waals surface area contributed by atoms with Crippen LogP contribution >= 0.6 is 0 Å². The second-order valence-corrected chi connectivity index (χ2v) is 8.15. The van der Waals surface area contributed by atoms with Crippen LogP contribution in [0.3, 0.4) is 0 Å². The van der Waals surface area contributed by atoms with Crippen LogP contribution in [0.15, 0.2) is 47.4 Å². The zero-order valence-corrected chi connectivity index (χ0v) is 14.6. The third-order valence-electron chi connectivity index (χ3n) is 4.27. The average Bonchev–Trinajstić information content (AvgIpc) is 3.04. The summed E-state index contributed by atoms with van der Waals surface area (Å²) in [6, 6.07) is 10.4. The fourth-order valence-corrected chi connectivity index (χ4v) is 4.09. The van der Waals surface area contributed by atoms with E-state index in [0.29, 0.717) is 5.69 Å². The van der Waals surface area contributed by atoms with Gasteiger partial charge in [0.2, 0.25) is 15.9 Å². The van der Waals surface area contributed by atoms with E-state index in [9.17, 15) is 17.6 Å². The highest BCUT2D eigenvalue weighted by molar-refractivity contribution is 7.89. The maximum atomic E-state index is 12.9. The second-order valence-electron chi connectivity index (χ2n) is 6.10. The Kier molecular flexibility index (Phi) is 4.87. The van der Waals surface area contributed by atoms with Crippen molar-refractivity contribution in [2.75, 3.05) is 18.9 Å². The Morgan fingerprint density at radius 3 is 2.52 bits per heavy atom. The number of aryl methyl sites for hydroxylation is 2. The molecule has 0 unspecified atom stereocenters. The Balaban J connectivity index is 1.69. The van der Waals surface area contributed by atoms with E-state index in [0.717, 1.165) is 29.1 Å². The molecule has 3 rings (SSSR count). The number of hydrogen-bond acceptors (Lipinski definition) is 3. The Labute approximate surface area is 146 Å². The molecular weight excluding hydrogens is 343 g/mol. The van der Waals surface area contributed by atoms with Crippen LogP contribution in [-0.2, 0) is 27.7 Å². The molecule has 0 fully saturated rings. The number of carbonyl (C=O) groups is 1. The SMILES string of the molecule is CN(CC(=O)Nc1ccc(F)cc1)S(=O)(=O)c1ccc2c(c1)CCC2. The summed E-state index contributed by atoms with van der Waals surface area (Å²) in [5.41, 5.74) is 2.66. The number of halogens is 1. The normalized spacial score (nSPS) is 13.7. The second kappa shape index (κ2) is 6.93. The van der Waals surface area contributed by atoms with Crippen molar-refractivity contribution < 1.29 is 17.6 Å². The molecule has 0 aliphatic heterocycles. The van der Waals surface area contributed by atoms with Crippen LogP contribution in [0.2, 0.25) is 0 Å². The molecule has 25 heavy (non-hydrogen) atoms. The van der Waals surface area contributed by atoms with Crippen LogP contribution in [-0.4, -0.2) is 32.2 Å². The van der Waals surface area contributed by atoms with E-state index in [-0.39, 0.29) is 11.4 Å². The molecule has 0 spiro atoms. The lowest BCUT2D eigenvalue weighted by atomic mass is 10.1. The lowest BCUT2D eigenvalue weighted by Crippen LogP contribution is -2.35. The van der Waals surface area contributed by atoms with Gasteiger partial charge in [0.1, 0.15) is 5.82 Å². The predicted molar refractivity (Wildman–Crippen MR) is 93.3 cm³/mol. The molecule has 0 saturated carbocycles. The minimum Gasteiger partial charge on any atom is -0.325 e. The van der Waals surface area contributed by atoms with Gasteiger partial charge in [-0.1, -0.05) is 6.07 Å². The zero-order valence-electron chi connectivity index (χ0n) is 13.8. The van der Waals surface area contributed by atoms with Crippen molar-refractivity contribution in [2.45, 2.75) is 24.2 Å². The molecule has 0 heterocycles. The molecular formula is C18H19FN2O3S. The third kappa shape index (κ3) is 3.88. The quantitative estimate of drug-likeness (QED) is 0.889. The van der Waals surface area contributed by atoms with Crippen molar-refractivity contribution in [2.24, 2.45) is 0 Å². The lowest BCUT2D eigenvalue weighted by Gasteiger charge is -2.17. The van der Waals surface area contributed by atoms with E-state index in [4.69, 9.17) is 0 Å². The Morgan fingerprint density at radius 2 is 1.80 bits per heavy atom. The van der Waals surface area contributed by atoms with E-state index in [1.165, 1.54) is 36.9 Å². The largest absolute Gasteiger partial charge is 0.325 e.